The van der Waals surface area contributed by atoms with Crippen LogP contribution in [0.25, 0.3) is 6.08 Å². The molecule has 0 aliphatic carbocycles. The third-order valence-corrected chi connectivity index (χ3v) is 3.09. The molecule has 0 spiro atoms. The van der Waals surface area contributed by atoms with Gasteiger partial charge in [0, 0.05) is 11.4 Å². The van der Waals surface area contributed by atoms with Crippen LogP contribution in [0.4, 0.5) is 0 Å². The molecule has 2 heteroatoms. The average Bonchev–Trinajstić information content (AvgIpc) is 2.45. The number of halogens is 1. The van der Waals surface area contributed by atoms with Crippen molar-refractivity contribution in [1.29, 1.82) is 0 Å². The van der Waals surface area contributed by atoms with E-state index in [-0.39, 0.29) is 5.78 Å². The van der Waals surface area contributed by atoms with Crippen LogP contribution in [0, 0.1) is 0 Å². The first-order valence-corrected chi connectivity index (χ1v) is 6.62. The molecular weight excluding hydrogens is 256 g/mol. The van der Waals surface area contributed by atoms with E-state index >= 15 is 0 Å². The maximum Gasteiger partial charge on any atom is 0.156 e. The Bertz CT molecular complexity index is 556. The van der Waals surface area contributed by atoms with Crippen LogP contribution in [0.3, 0.4) is 0 Å². The highest BCUT2D eigenvalue weighted by Crippen LogP contribution is 2.11. The van der Waals surface area contributed by atoms with Crippen molar-refractivity contribution in [3.8, 4) is 0 Å². The van der Waals surface area contributed by atoms with Gasteiger partial charge in [0.05, 0.1) is 0 Å². The van der Waals surface area contributed by atoms with Gasteiger partial charge in [-0.15, -0.1) is 0 Å². The van der Waals surface area contributed by atoms with Crippen LogP contribution in [0.5, 0.6) is 0 Å². The van der Waals surface area contributed by atoms with Gasteiger partial charge in [0.25, 0.3) is 0 Å². The van der Waals surface area contributed by atoms with Gasteiger partial charge >= 0.3 is 0 Å². The van der Waals surface area contributed by atoms with Crippen molar-refractivity contribution < 1.29 is 4.79 Å². The molecule has 0 saturated carbocycles. The fourth-order valence-electron chi connectivity index (χ4n) is 1.76. The number of allylic oxidation sites excluding steroid dienone is 1. The summed E-state index contributed by atoms with van der Waals surface area (Å²) in [7, 11) is 0. The van der Waals surface area contributed by atoms with Crippen molar-refractivity contribution in [2.45, 2.75) is 12.8 Å². The molecule has 96 valence electrons. The van der Waals surface area contributed by atoms with Crippen molar-refractivity contribution >= 4 is 23.5 Å². The van der Waals surface area contributed by atoms with E-state index in [9.17, 15) is 4.79 Å². The molecule has 1 nitrogen and oxygen atoms in total. The second kappa shape index (κ2) is 6.91. The van der Waals surface area contributed by atoms with E-state index < -0.39 is 0 Å². The third kappa shape index (κ3) is 4.72. The number of benzene rings is 2. The van der Waals surface area contributed by atoms with Crippen LogP contribution in [0.15, 0.2) is 60.7 Å². The lowest BCUT2D eigenvalue weighted by molar-refractivity contribution is -0.114. The average molecular weight is 271 g/mol. The monoisotopic (exact) mass is 270 g/mol. The Morgan fingerprint density at radius 1 is 1.00 bits per heavy atom. The van der Waals surface area contributed by atoms with E-state index in [1.807, 2.05) is 60.7 Å². The predicted octanol–water partition coefficient (Wildman–Crippen LogP) is 4.56. The van der Waals surface area contributed by atoms with Crippen LogP contribution >= 0.6 is 11.6 Å². The second-order valence-electron chi connectivity index (χ2n) is 4.34. The van der Waals surface area contributed by atoms with E-state index in [2.05, 4.69) is 0 Å². The molecule has 0 radical (unpaired) electrons. The Kier molecular flexibility index (Phi) is 4.93. The van der Waals surface area contributed by atoms with Crippen LogP contribution in [-0.2, 0) is 11.2 Å². The number of aryl methyl sites for hydroxylation is 1. The minimum absolute atomic E-state index is 0.138. The van der Waals surface area contributed by atoms with Crippen molar-refractivity contribution in [2.24, 2.45) is 0 Å². The molecule has 0 heterocycles. The molecule has 2 rings (SSSR count). The van der Waals surface area contributed by atoms with Gasteiger partial charge in [-0.3, -0.25) is 4.79 Å². The highest BCUT2D eigenvalue weighted by Gasteiger charge is 1.99. The smallest absolute Gasteiger partial charge is 0.156 e. The zero-order valence-corrected chi connectivity index (χ0v) is 11.3. The number of carbonyl (C=O) groups is 1. The normalized spacial score (nSPS) is 10.8. The molecule has 0 aromatic heterocycles. The first-order chi connectivity index (χ1) is 9.24. The van der Waals surface area contributed by atoms with Gasteiger partial charge < -0.3 is 0 Å². The number of hydrogen-bond acceptors (Lipinski definition) is 1. The summed E-state index contributed by atoms with van der Waals surface area (Å²) in [6.07, 6.45) is 4.76. The largest absolute Gasteiger partial charge is 0.295 e. The zero-order chi connectivity index (χ0) is 13.5. The number of carbonyl (C=O) groups excluding carboxylic acids is 1. The molecule has 2 aromatic rings. The predicted molar refractivity (Wildman–Crippen MR) is 80.3 cm³/mol. The maximum atomic E-state index is 11.7. The minimum Gasteiger partial charge on any atom is -0.295 e. The van der Waals surface area contributed by atoms with Gasteiger partial charge in [0.2, 0.25) is 0 Å². The van der Waals surface area contributed by atoms with Gasteiger partial charge in [-0.05, 0) is 35.8 Å². The SMILES string of the molecule is O=C(/C=C/c1ccccc1)CCc1ccc(Cl)cc1. The molecule has 0 N–H and O–H groups in total. The van der Waals surface area contributed by atoms with Gasteiger partial charge in [0.1, 0.15) is 0 Å². The molecule has 0 bridgehead atoms. The summed E-state index contributed by atoms with van der Waals surface area (Å²) >= 11 is 5.81. The lowest BCUT2D eigenvalue weighted by atomic mass is 10.1. The fourth-order valence-corrected chi connectivity index (χ4v) is 1.88. The van der Waals surface area contributed by atoms with Gasteiger partial charge in [-0.1, -0.05) is 60.1 Å². The van der Waals surface area contributed by atoms with Crippen LogP contribution < -0.4 is 0 Å². The summed E-state index contributed by atoms with van der Waals surface area (Å²) in [4.78, 5) is 11.7. The standard InChI is InChI=1S/C17H15ClO/c18-16-10-6-15(7-11-16)9-13-17(19)12-8-14-4-2-1-3-5-14/h1-8,10-12H,9,13H2/b12-8+. The highest BCUT2D eigenvalue weighted by molar-refractivity contribution is 6.30. The Balaban J connectivity index is 1.85. The summed E-state index contributed by atoms with van der Waals surface area (Å²) in [6.45, 7) is 0. The highest BCUT2D eigenvalue weighted by atomic mass is 35.5. The summed E-state index contributed by atoms with van der Waals surface area (Å²) in [5.41, 5.74) is 2.17. The summed E-state index contributed by atoms with van der Waals surface area (Å²) in [6, 6.07) is 17.4. The molecule has 19 heavy (non-hydrogen) atoms. The molecule has 2 aromatic carbocycles. The molecular formula is C17H15ClO. The Hall–Kier alpha value is -1.86. The molecule has 0 aliphatic rings. The third-order valence-electron chi connectivity index (χ3n) is 2.83. The topological polar surface area (TPSA) is 17.1 Å². The fraction of sp³-hybridized carbons (Fsp3) is 0.118. The van der Waals surface area contributed by atoms with Gasteiger partial charge in [0.15, 0.2) is 5.78 Å². The Morgan fingerprint density at radius 3 is 2.37 bits per heavy atom. The first-order valence-electron chi connectivity index (χ1n) is 6.24. The lowest BCUT2D eigenvalue weighted by Crippen LogP contribution is -1.95. The Labute approximate surface area is 118 Å². The summed E-state index contributed by atoms with van der Waals surface area (Å²) < 4.78 is 0. The van der Waals surface area contributed by atoms with Crippen molar-refractivity contribution in [1.82, 2.24) is 0 Å². The quantitative estimate of drug-likeness (QED) is 0.728. The first kappa shape index (κ1) is 13.6. The molecule has 0 aliphatic heterocycles. The number of ketones is 1. The summed E-state index contributed by atoms with van der Waals surface area (Å²) in [5, 5.41) is 0.721. The lowest BCUT2D eigenvalue weighted by Gasteiger charge is -1.99. The number of rotatable bonds is 5. The van der Waals surface area contributed by atoms with Gasteiger partial charge in [-0.25, -0.2) is 0 Å². The van der Waals surface area contributed by atoms with E-state index in [0.717, 1.165) is 22.6 Å². The van der Waals surface area contributed by atoms with Crippen LogP contribution in [0.2, 0.25) is 5.02 Å². The molecule has 0 unspecified atom stereocenters. The van der Waals surface area contributed by atoms with E-state index in [1.165, 1.54) is 0 Å². The van der Waals surface area contributed by atoms with Crippen LogP contribution in [0.1, 0.15) is 17.5 Å². The molecule has 0 atom stereocenters. The number of hydrogen-bond donors (Lipinski definition) is 0. The second-order valence-corrected chi connectivity index (χ2v) is 4.77. The van der Waals surface area contributed by atoms with Crippen molar-refractivity contribution in [3.05, 3.63) is 76.8 Å². The summed E-state index contributed by atoms with van der Waals surface area (Å²) in [5.74, 6) is 0.138. The van der Waals surface area contributed by atoms with Crippen molar-refractivity contribution in [2.75, 3.05) is 0 Å². The van der Waals surface area contributed by atoms with E-state index in [1.54, 1.807) is 6.08 Å². The maximum absolute atomic E-state index is 11.7. The van der Waals surface area contributed by atoms with E-state index in [4.69, 9.17) is 11.6 Å². The molecule has 0 amide bonds. The molecule has 0 saturated heterocycles. The molecule has 0 fully saturated rings. The van der Waals surface area contributed by atoms with Crippen molar-refractivity contribution in [3.63, 3.8) is 0 Å². The van der Waals surface area contributed by atoms with Crippen LogP contribution in [-0.4, -0.2) is 5.78 Å². The van der Waals surface area contributed by atoms with Gasteiger partial charge in [-0.2, -0.15) is 0 Å². The zero-order valence-electron chi connectivity index (χ0n) is 10.6. The van der Waals surface area contributed by atoms with E-state index in [0.29, 0.717) is 6.42 Å². The minimum atomic E-state index is 0.138. The Morgan fingerprint density at radius 2 is 1.68 bits per heavy atom.